The molecule has 10 heavy (non-hydrogen) atoms. The Morgan fingerprint density at radius 2 is 1.80 bits per heavy atom. The molecule has 0 saturated heterocycles. The van der Waals surface area contributed by atoms with Crippen molar-refractivity contribution in [3.05, 3.63) is 6.92 Å². The van der Waals surface area contributed by atoms with E-state index in [1.165, 1.54) is 19.3 Å². The summed E-state index contributed by atoms with van der Waals surface area (Å²) in [4.78, 5) is 10.5. The van der Waals surface area contributed by atoms with E-state index in [0.717, 1.165) is 19.3 Å². The monoisotopic (exact) mass is 141 g/mol. The molecule has 0 aromatic carbocycles. The molecule has 0 aromatic rings. The number of Topliss-reactive ketones (excluding diaryl/α,β-unsaturated/α-hetero) is 1. The molecule has 0 aliphatic rings. The summed E-state index contributed by atoms with van der Waals surface area (Å²) >= 11 is 0. The first-order chi connectivity index (χ1) is 4.77. The van der Waals surface area contributed by atoms with Crippen molar-refractivity contribution in [1.82, 2.24) is 0 Å². The molecule has 1 nitrogen and oxygen atoms in total. The maximum atomic E-state index is 10.5. The third kappa shape index (κ3) is 7.67. The molecule has 0 unspecified atom stereocenters. The van der Waals surface area contributed by atoms with Gasteiger partial charge in [0.25, 0.3) is 0 Å². The first-order valence-corrected chi connectivity index (χ1v) is 4.06. The van der Waals surface area contributed by atoms with Crippen molar-refractivity contribution < 1.29 is 4.79 Å². The quantitative estimate of drug-likeness (QED) is 0.520. The number of hydrogen-bond donors (Lipinski definition) is 0. The van der Waals surface area contributed by atoms with Gasteiger partial charge >= 0.3 is 0 Å². The molecule has 0 rings (SSSR count). The second-order valence-corrected chi connectivity index (χ2v) is 2.72. The first-order valence-electron chi connectivity index (χ1n) is 4.06. The Morgan fingerprint density at radius 3 is 2.30 bits per heavy atom. The van der Waals surface area contributed by atoms with E-state index in [1.54, 1.807) is 6.92 Å². The van der Waals surface area contributed by atoms with E-state index in [0.29, 0.717) is 5.78 Å². The Bertz CT molecular complexity index is 86.7. The molecule has 0 amide bonds. The standard InChI is InChI=1S/C9H17O/c1-3-4-5-6-7-8-9(2)10/h1,3-8H2,2H3. The van der Waals surface area contributed by atoms with Crippen LogP contribution in [-0.4, -0.2) is 5.78 Å². The van der Waals surface area contributed by atoms with Gasteiger partial charge in [-0.3, -0.25) is 0 Å². The number of ketones is 1. The maximum Gasteiger partial charge on any atom is 0.129 e. The van der Waals surface area contributed by atoms with E-state index in [4.69, 9.17) is 0 Å². The Morgan fingerprint density at radius 1 is 1.20 bits per heavy atom. The Labute approximate surface area is 63.8 Å². The minimum atomic E-state index is 0.314. The predicted octanol–water partition coefficient (Wildman–Crippen LogP) is 2.75. The third-order valence-corrected chi connectivity index (χ3v) is 1.53. The Balaban J connectivity index is 2.84. The van der Waals surface area contributed by atoms with Crippen LogP contribution < -0.4 is 0 Å². The van der Waals surface area contributed by atoms with E-state index in [1.807, 2.05) is 0 Å². The summed E-state index contributed by atoms with van der Waals surface area (Å²) in [5.74, 6) is 0.314. The fourth-order valence-corrected chi connectivity index (χ4v) is 0.904. The molecule has 0 N–H and O–H groups in total. The topological polar surface area (TPSA) is 17.1 Å². The van der Waals surface area contributed by atoms with Crippen molar-refractivity contribution in [3.63, 3.8) is 0 Å². The van der Waals surface area contributed by atoms with E-state index >= 15 is 0 Å². The van der Waals surface area contributed by atoms with Crippen LogP contribution in [0.3, 0.4) is 0 Å². The van der Waals surface area contributed by atoms with E-state index in [9.17, 15) is 4.79 Å². The summed E-state index contributed by atoms with van der Waals surface area (Å²) in [6.07, 6.45) is 6.48. The lowest BCUT2D eigenvalue weighted by molar-refractivity contribution is -0.117. The second kappa shape index (κ2) is 6.79. The molecule has 0 aliphatic heterocycles. The predicted molar refractivity (Wildman–Crippen MR) is 43.7 cm³/mol. The highest BCUT2D eigenvalue weighted by Crippen LogP contribution is 2.04. The van der Waals surface area contributed by atoms with Crippen LogP contribution in [0.4, 0.5) is 0 Å². The highest BCUT2D eigenvalue weighted by Gasteiger charge is 1.92. The fourth-order valence-electron chi connectivity index (χ4n) is 0.904. The van der Waals surface area contributed by atoms with Crippen LogP contribution in [0.15, 0.2) is 0 Å². The van der Waals surface area contributed by atoms with Gasteiger partial charge in [0, 0.05) is 6.42 Å². The van der Waals surface area contributed by atoms with Gasteiger partial charge in [-0.25, -0.2) is 0 Å². The molecule has 1 radical (unpaired) electrons. The second-order valence-electron chi connectivity index (χ2n) is 2.72. The average Bonchev–Trinajstić information content (AvgIpc) is 1.87. The number of hydrogen-bond acceptors (Lipinski definition) is 1. The van der Waals surface area contributed by atoms with Crippen molar-refractivity contribution in [1.29, 1.82) is 0 Å². The largest absolute Gasteiger partial charge is 0.300 e. The molecule has 59 valence electrons. The molecule has 0 bridgehead atoms. The average molecular weight is 141 g/mol. The van der Waals surface area contributed by atoms with Gasteiger partial charge in [-0.05, 0) is 13.3 Å². The summed E-state index contributed by atoms with van der Waals surface area (Å²) in [5.41, 5.74) is 0. The fraction of sp³-hybridized carbons (Fsp3) is 0.778. The summed E-state index contributed by atoms with van der Waals surface area (Å²) in [7, 11) is 0. The van der Waals surface area contributed by atoms with E-state index in [2.05, 4.69) is 6.92 Å². The molecular weight excluding hydrogens is 124 g/mol. The normalized spacial score (nSPS) is 9.80. The van der Waals surface area contributed by atoms with Gasteiger partial charge in [0.2, 0.25) is 0 Å². The van der Waals surface area contributed by atoms with Crippen LogP contribution in [0.25, 0.3) is 0 Å². The SMILES string of the molecule is [CH2]CCCCCCC(C)=O. The zero-order chi connectivity index (χ0) is 7.82. The molecular formula is C9H17O. The van der Waals surface area contributed by atoms with Crippen LogP contribution in [-0.2, 0) is 4.79 Å². The highest BCUT2D eigenvalue weighted by molar-refractivity contribution is 5.75. The molecule has 0 saturated carbocycles. The Hall–Kier alpha value is -0.330. The minimum absolute atomic E-state index is 0.314. The number of rotatable bonds is 6. The van der Waals surface area contributed by atoms with E-state index < -0.39 is 0 Å². The third-order valence-electron chi connectivity index (χ3n) is 1.53. The van der Waals surface area contributed by atoms with Crippen molar-refractivity contribution in [2.24, 2.45) is 0 Å². The summed E-state index contributed by atoms with van der Waals surface area (Å²) in [5, 5.41) is 0. The lowest BCUT2D eigenvalue weighted by atomic mass is 10.1. The van der Waals surface area contributed by atoms with Gasteiger partial charge < -0.3 is 4.79 Å². The summed E-state index contributed by atoms with van der Waals surface area (Å²) < 4.78 is 0. The van der Waals surface area contributed by atoms with Crippen LogP contribution >= 0.6 is 0 Å². The Kier molecular flexibility index (Phi) is 6.56. The van der Waals surface area contributed by atoms with Crippen LogP contribution in [0, 0.1) is 6.92 Å². The smallest absolute Gasteiger partial charge is 0.129 e. The number of carbonyl (C=O) groups excluding carboxylic acids is 1. The molecule has 0 aliphatic carbocycles. The van der Waals surface area contributed by atoms with Crippen LogP contribution in [0.1, 0.15) is 45.4 Å². The number of carbonyl (C=O) groups is 1. The molecule has 0 spiro atoms. The molecule has 0 atom stereocenters. The summed E-state index contributed by atoms with van der Waals surface area (Å²) in [6.45, 7) is 5.41. The van der Waals surface area contributed by atoms with E-state index in [-0.39, 0.29) is 0 Å². The maximum absolute atomic E-state index is 10.5. The minimum Gasteiger partial charge on any atom is -0.300 e. The van der Waals surface area contributed by atoms with Gasteiger partial charge in [-0.1, -0.05) is 32.6 Å². The lowest BCUT2D eigenvalue weighted by Gasteiger charge is -1.95. The summed E-state index contributed by atoms with van der Waals surface area (Å²) in [6, 6.07) is 0. The van der Waals surface area contributed by atoms with Gasteiger partial charge in [0.1, 0.15) is 5.78 Å². The lowest BCUT2D eigenvalue weighted by Crippen LogP contribution is -1.88. The van der Waals surface area contributed by atoms with Gasteiger partial charge in [-0.15, -0.1) is 0 Å². The molecule has 0 heterocycles. The van der Waals surface area contributed by atoms with Crippen LogP contribution in [0.5, 0.6) is 0 Å². The highest BCUT2D eigenvalue weighted by atomic mass is 16.1. The number of unbranched alkanes of at least 4 members (excludes halogenated alkanes) is 4. The van der Waals surface area contributed by atoms with Gasteiger partial charge in [0.15, 0.2) is 0 Å². The molecule has 0 aromatic heterocycles. The zero-order valence-electron chi connectivity index (χ0n) is 6.86. The molecule has 0 fully saturated rings. The van der Waals surface area contributed by atoms with Crippen molar-refractivity contribution in [2.45, 2.75) is 45.4 Å². The van der Waals surface area contributed by atoms with Crippen molar-refractivity contribution in [2.75, 3.05) is 0 Å². The van der Waals surface area contributed by atoms with Crippen LogP contribution in [0.2, 0.25) is 0 Å². The van der Waals surface area contributed by atoms with Gasteiger partial charge in [0.05, 0.1) is 0 Å². The first kappa shape index (κ1) is 9.67. The molecule has 1 heteroatoms. The zero-order valence-corrected chi connectivity index (χ0v) is 6.86. The van der Waals surface area contributed by atoms with Crippen molar-refractivity contribution >= 4 is 5.78 Å². The van der Waals surface area contributed by atoms with Gasteiger partial charge in [-0.2, -0.15) is 0 Å². The van der Waals surface area contributed by atoms with Crippen molar-refractivity contribution in [3.8, 4) is 0 Å².